The number of nitrogens with zero attached hydrogens (tertiary/aromatic N) is 1. The molecule has 0 aliphatic rings. The van der Waals surface area contributed by atoms with Gasteiger partial charge in [-0.15, -0.1) is 0 Å². The van der Waals surface area contributed by atoms with Gasteiger partial charge in [0, 0.05) is 12.5 Å². The predicted octanol–water partition coefficient (Wildman–Crippen LogP) is 2.83. The van der Waals surface area contributed by atoms with Gasteiger partial charge in [-0.05, 0) is 30.9 Å². The van der Waals surface area contributed by atoms with Crippen LogP contribution < -0.4 is 11.1 Å². The number of nitrogens with two attached hydrogens (primary N) is 1. The molecule has 1 amide bonds. The number of benzene rings is 1. The van der Waals surface area contributed by atoms with Crippen molar-refractivity contribution in [2.75, 3.05) is 11.9 Å². The van der Waals surface area contributed by atoms with Gasteiger partial charge in [0.2, 0.25) is 5.91 Å². The van der Waals surface area contributed by atoms with Crippen LogP contribution in [0.5, 0.6) is 0 Å². The third-order valence-electron chi connectivity index (χ3n) is 3.29. The number of nitro groups is 1. The Morgan fingerprint density at radius 3 is 2.62 bits per heavy atom. The molecule has 0 radical (unpaired) electrons. The van der Waals surface area contributed by atoms with Crippen LogP contribution in [0, 0.1) is 21.3 Å². The van der Waals surface area contributed by atoms with E-state index in [1.54, 1.807) is 0 Å². The molecule has 7 heteroatoms. The molecule has 0 atom stereocenters. The SMILES string of the molecule is CC(C)(CCN)CCC(=O)Nc1ccc([N+](=O)[O-])cc1F. The van der Waals surface area contributed by atoms with E-state index >= 15 is 0 Å². The first-order valence-electron chi connectivity index (χ1n) is 6.69. The topological polar surface area (TPSA) is 98.3 Å². The van der Waals surface area contributed by atoms with Crippen LogP contribution in [0.3, 0.4) is 0 Å². The molecule has 0 heterocycles. The number of carbonyl (C=O) groups is 1. The molecular formula is C14H20FN3O3. The van der Waals surface area contributed by atoms with Gasteiger partial charge in [0.25, 0.3) is 5.69 Å². The molecule has 0 aromatic heterocycles. The summed E-state index contributed by atoms with van der Waals surface area (Å²) in [7, 11) is 0. The van der Waals surface area contributed by atoms with Gasteiger partial charge in [-0.25, -0.2) is 4.39 Å². The second-order valence-electron chi connectivity index (χ2n) is 5.67. The van der Waals surface area contributed by atoms with Crippen LogP contribution in [0.25, 0.3) is 0 Å². The van der Waals surface area contributed by atoms with Crippen molar-refractivity contribution < 1.29 is 14.1 Å². The highest BCUT2D eigenvalue weighted by Crippen LogP contribution is 2.26. The third-order valence-corrected chi connectivity index (χ3v) is 3.29. The Hall–Kier alpha value is -2.02. The van der Waals surface area contributed by atoms with E-state index in [2.05, 4.69) is 5.32 Å². The highest BCUT2D eigenvalue weighted by atomic mass is 19.1. The predicted molar refractivity (Wildman–Crippen MR) is 78.4 cm³/mol. The van der Waals surface area contributed by atoms with Crippen molar-refractivity contribution in [3.05, 3.63) is 34.1 Å². The molecule has 0 saturated carbocycles. The molecule has 0 bridgehead atoms. The average molecular weight is 297 g/mol. The molecule has 0 spiro atoms. The van der Waals surface area contributed by atoms with E-state index in [-0.39, 0.29) is 29.1 Å². The maximum absolute atomic E-state index is 13.6. The lowest BCUT2D eigenvalue weighted by Gasteiger charge is -2.23. The Morgan fingerprint density at radius 1 is 1.43 bits per heavy atom. The number of non-ortho nitro benzene ring substituents is 1. The summed E-state index contributed by atoms with van der Waals surface area (Å²) in [5, 5.41) is 12.9. The summed E-state index contributed by atoms with van der Waals surface area (Å²) in [5.41, 5.74) is 5.04. The minimum Gasteiger partial charge on any atom is -0.330 e. The Morgan fingerprint density at radius 2 is 2.10 bits per heavy atom. The molecule has 21 heavy (non-hydrogen) atoms. The number of nitrogens with one attached hydrogen (secondary N) is 1. The van der Waals surface area contributed by atoms with Crippen LogP contribution in [0.1, 0.15) is 33.1 Å². The molecular weight excluding hydrogens is 277 g/mol. The fourth-order valence-electron chi connectivity index (χ4n) is 1.90. The second kappa shape index (κ2) is 7.12. The lowest BCUT2D eigenvalue weighted by molar-refractivity contribution is -0.385. The largest absolute Gasteiger partial charge is 0.330 e. The maximum atomic E-state index is 13.6. The van der Waals surface area contributed by atoms with Crippen molar-refractivity contribution in [3.8, 4) is 0 Å². The summed E-state index contributed by atoms with van der Waals surface area (Å²) >= 11 is 0. The van der Waals surface area contributed by atoms with Gasteiger partial charge in [-0.1, -0.05) is 13.8 Å². The summed E-state index contributed by atoms with van der Waals surface area (Å²) in [6, 6.07) is 3.13. The molecule has 1 aromatic rings. The molecule has 6 nitrogen and oxygen atoms in total. The van der Waals surface area contributed by atoms with Crippen molar-refractivity contribution in [2.45, 2.75) is 33.1 Å². The van der Waals surface area contributed by atoms with E-state index in [0.29, 0.717) is 13.0 Å². The molecule has 0 unspecified atom stereocenters. The zero-order valence-electron chi connectivity index (χ0n) is 12.2. The summed E-state index contributed by atoms with van der Waals surface area (Å²) in [6.07, 6.45) is 1.67. The third kappa shape index (κ3) is 5.47. The van der Waals surface area contributed by atoms with Crippen LogP contribution in [-0.4, -0.2) is 17.4 Å². The van der Waals surface area contributed by atoms with Gasteiger partial charge in [0.1, 0.15) is 0 Å². The Balaban J connectivity index is 2.61. The first-order chi connectivity index (χ1) is 9.75. The number of hydrogen-bond donors (Lipinski definition) is 2. The van der Waals surface area contributed by atoms with E-state index in [0.717, 1.165) is 18.6 Å². The van der Waals surface area contributed by atoms with E-state index in [1.807, 2.05) is 13.8 Å². The highest BCUT2D eigenvalue weighted by molar-refractivity contribution is 5.90. The lowest BCUT2D eigenvalue weighted by atomic mass is 9.84. The number of hydrogen-bond acceptors (Lipinski definition) is 4. The normalized spacial score (nSPS) is 11.2. The van der Waals surface area contributed by atoms with Crippen LogP contribution in [0.4, 0.5) is 15.8 Å². The average Bonchev–Trinajstić information content (AvgIpc) is 2.38. The van der Waals surface area contributed by atoms with Gasteiger partial charge in [0.05, 0.1) is 16.7 Å². The summed E-state index contributed by atoms with van der Waals surface area (Å²) < 4.78 is 13.6. The van der Waals surface area contributed by atoms with Crippen molar-refractivity contribution >= 4 is 17.3 Å². The Bertz CT molecular complexity index is 532. The van der Waals surface area contributed by atoms with Crippen LogP contribution in [0.2, 0.25) is 0 Å². The number of amides is 1. The second-order valence-corrected chi connectivity index (χ2v) is 5.67. The summed E-state index contributed by atoms with van der Waals surface area (Å²) in [4.78, 5) is 21.6. The number of nitro benzene ring substituents is 1. The number of carbonyl (C=O) groups excluding carboxylic acids is 1. The van der Waals surface area contributed by atoms with E-state index in [4.69, 9.17) is 5.73 Å². The number of anilines is 1. The van der Waals surface area contributed by atoms with Gasteiger partial charge in [-0.3, -0.25) is 14.9 Å². The van der Waals surface area contributed by atoms with Gasteiger partial charge < -0.3 is 11.1 Å². The molecule has 0 aliphatic carbocycles. The van der Waals surface area contributed by atoms with E-state index in [1.165, 1.54) is 6.07 Å². The zero-order chi connectivity index (χ0) is 16.0. The molecule has 3 N–H and O–H groups in total. The maximum Gasteiger partial charge on any atom is 0.272 e. The zero-order valence-corrected chi connectivity index (χ0v) is 12.2. The van der Waals surface area contributed by atoms with E-state index < -0.39 is 10.7 Å². The van der Waals surface area contributed by atoms with Gasteiger partial charge in [0.15, 0.2) is 5.82 Å². The standard InChI is InChI=1S/C14H20FN3O3/c1-14(2,7-8-16)6-5-13(19)17-12-4-3-10(18(20)21)9-11(12)15/h3-4,9H,5-8,16H2,1-2H3,(H,17,19). The van der Waals surface area contributed by atoms with Crippen molar-refractivity contribution in [3.63, 3.8) is 0 Å². The van der Waals surface area contributed by atoms with Crippen molar-refractivity contribution in [1.82, 2.24) is 0 Å². The quantitative estimate of drug-likeness (QED) is 0.597. The fourth-order valence-corrected chi connectivity index (χ4v) is 1.90. The van der Waals surface area contributed by atoms with Gasteiger partial charge in [-0.2, -0.15) is 0 Å². The van der Waals surface area contributed by atoms with Crippen molar-refractivity contribution in [2.24, 2.45) is 11.1 Å². The molecule has 0 aliphatic heterocycles. The van der Waals surface area contributed by atoms with Crippen LogP contribution in [0.15, 0.2) is 18.2 Å². The summed E-state index contributed by atoms with van der Waals surface area (Å²) in [5.74, 6) is -1.15. The minimum absolute atomic E-state index is 0.0535. The van der Waals surface area contributed by atoms with Gasteiger partial charge >= 0.3 is 0 Å². The minimum atomic E-state index is -0.821. The molecule has 0 saturated heterocycles. The lowest BCUT2D eigenvalue weighted by Crippen LogP contribution is -2.21. The van der Waals surface area contributed by atoms with Crippen LogP contribution >= 0.6 is 0 Å². The fraction of sp³-hybridized carbons (Fsp3) is 0.500. The first kappa shape index (κ1) is 17.0. The molecule has 116 valence electrons. The molecule has 0 fully saturated rings. The smallest absolute Gasteiger partial charge is 0.272 e. The van der Waals surface area contributed by atoms with Crippen molar-refractivity contribution in [1.29, 1.82) is 0 Å². The highest BCUT2D eigenvalue weighted by Gasteiger charge is 2.19. The number of rotatable bonds is 7. The summed E-state index contributed by atoms with van der Waals surface area (Å²) in [6.45, 7) is 4.57. The monoisotopic (exact) mass is 297 g/mol. The molecule has 1 rings (SSSR count). The van der Waals surface area contributed by atoms with E-state index in [9.17, 15) is 19.3 Å². The van der Waals surface area contributed by atoms with Crippen LogP contribution in [-0.2, 0) is 4.79 Å². The number of halogens is 1. The Labute approximate surface area is 122 Å². The molecule has 1 aromatic carbocycles. The first-order valence-corrected chi connectivity index (χ1v) is 6.69. The Kier molecular flexibility index (Phi) is 5.78.